The van der Waals surface area contributed by atoms with E-state index in [-0.39, 0.29) is 26.1 Å². The van der Waals surface area contributed by atoms with Crippen LogP contribution in [0.2, 0.25) is 0 Å². The van der Waals surface area contributed by atoms with E-state index in [1.165, 1.54) is 0 Å². The van der Waals surface area contributed by atoms with Gasteiger partial charge in [0.1, 0.15) is 19.8 Å². The Kier molecular flexibility index (Phi) is 37.6. The van der Waals surface area contributed by atoms with E-state index in [0.29, 0.717) is 36.7 Å². The number of rotatable bonds is 37. The average molecular weight is 869 g/mol. The molecule has 342 valence electrons. The largest absolute Gasteiger partial charge is 0.472 e. The second kappa shape index (κ2) is 40.2. The van der Waals surface area contributed by atoms with Gasteiger partial charge in [0.25, 0.3) is 0 Å². The first-order chi connectivity index (χ1) is 29.4. The molecule has 0 aliphatic heterocycles. The minimum Gasteiger partial charge on any atom is -0.462 e. The lowest BCUT2D eigenvalue weighted by Gasteiger charge is -2.24. The van der Waals surface area contributed by atoms with Crippen LogP contribution in [0.4, 0.5) is 0 Å². The summed E-state index contributed by atoms with van der Waals surface area (Å²) in [5.41, 5.74) is 0. The smallest absolute Gasteiger partial charge is 0.462 e. The van der Waals surface area contributed by atoms with Gasteiger partial charge in [-0.25, -0.2) is 4.57 Å². The normalized spacial score (nSPS) is 15.3. The van der Waals surface area contributed by atoms with Crippen molar-refractivity contribution in [2.24, 2.45) is 0 Å². The summed E-state index contributed by atoms with van der Waals surface area (Å²) in [6.45, 7) is 3.90. The molecule has 61 heavy (non-hydrogen) atoms. The van der Waals surface area contributed by atoms with Gasteiger partial charge in [0, 0.05) is 12.8 Å². The Morgan fingerprint density at radius 2 is 1.08 bits per heavy atom. The van der Waals surface area contributed by atoms with Gasteiger partial charge in [-0.2, -0.15) is 0 Å². The van der Waals surface area contributed by atoms with Crippen LogP contribution in [0, 0.1) is 0 Å². The van der Waals surface area contributed by atoms with E-state index in [4.69, 9.17) is 18.5 Å². The maximum atomic E-state index is 12.7. The van der Waals surface area contributed by atoms with E-state index < -0.39 is 38.6 Å². The van der Waals surface area contributed by atoms with E-state index >= 15 is 0 Å². The first kappa shape index (κ1) is 57.1. The van der Waals surface area contributed by atoms with Crippen LogP contribution in [0.1, 0.15) is 110 Å². The Balaban J connectivity index is 4.67. The molecule has 11 heteroatoms. The third-order valence-electron chi connectivity index (χ3n) is 8.27. The molecule has 0 heterocycles. The maximum absolute atomic E-state index is 12.7. The van der Waals surface area contributed by atoms with Crippen molar-refractivity contribution < 1.29 is 47.2 Å². The van der Waals surface area contributed by atoms with Gasteiger partial charge in [0.05, 0.1) is 33.9 Å². The second-order valence-electron chi connectivity index (χ2n) is 15.2. The molecule has 3 atom stereocenters. The van der Waals surface area contributed by atoms with Crippen molar-refractivity contribution in [2.45, 2.75) is 122 Å². The van der Waals surface area contributed by atoms with Crippen LogP contribution in [0.15, 0.2) is 134 Å². The van der Waals surface area contributed by atoms with Crippen molar-refractivity contribution in [2.75, 3.05) is 47.5 Å². The van der Waals surface area contributed by atoms with Gasteiger partial charge in [-0.1, -0.05) is 148 Å². The van der Waals surface area contributed by atoms with Gasteiger partial charge in [-0.3, -0.25) is 18.6 Å². The second-order valence-corrected chi connectivity index (χ2v) is 16.6. The monoisotopic (exact) mass is 869 g/mol. The van der Waals surface area contributed by atoms with E-state index in [1.54, 1.807) is 6.08 Å². The zero-order chi connectivity index (χ0) is 45.1. The fraction of sp³-hybridized carbons (Fsp3) is 0.520. The summed E-state index contributed by atoms with van der Waals surface area (Å²) < 4.78 is 34.1. The molecule has 0 spiro atoms. The van der Waals surface area contributed by atoms with Crippen molar-refractivity contribution in [3.8, 4) is 0 Å². The Bertz CT molecular complexity index is 1510. The molecule has 0 aromatic carbocycles. The zero-order valence-corrected chi connectivity index (χ0v) is 38.8. The van der Waals surface area contributed by atoms with Crippen LogP contribution in [-0.4, -0.2) is 86.1 Å². The van der Waals surface area contributed by atoms with Crippen molar-refractivity contribution in [3.05, 3.63) is 134 Å². The van der Waals surface area contributed by atoms with Gasteiger partial charge < -0.3 is 24.0 Å². The van der Waals surface area contributed by atoms with Gasteiger partial charge in [0.15, 0.2) is 6.10 Å². The first-order valence-electron chi connectivity index (χ1n) is 22.0. The van der Waals surface area contributed by atoms with Crippen molar-refractivity contribution in [1.29, 1.82) is 0 Å². The van der Waals surface area contributed by atoms with Crippen LogP contribution in [-0.2, 0) is 32.7 Å². The molecule has 0 fully saturated rings. The van der Waals surface area contributed by atoms with Crippen LogP contribution < -0.4 is 0 Å². The predicted octanol–water partition coefficient (Wildman–Crippen LogP) is 11.7. The molecular weight excluding hydrogens is 790 g/mol. The third-order valence-corrected chi connectivity index (χ3v) is 9.25. The number of phosphoric ester groups is 1. The molecule has 0 rings (SSSR count). The van der Waals surface area contributed by atoms with Gasteiger partial charge in [0.2, 0.25) is 0 Å². The van der Waals surface area contributed by atoms with Crippen molar-refractivity contribution >= 4 is 19.8 Å². The van der Waals surface area contributed by atoms with E-state index in [1.807, 2.05) is 75.8 Å². The summed E-state index contributed by atoms with van der Waals surface area (Å²) in [6, 6.07) is 0. The number of ether oxygens (including phenoxy) is 2. The SMILES string of the molecule is CC/C=C\C/C=C\C/C=C\C/C=C\C/C=C\C/C=C\CCC(=O)O[C@H](COC(=O)CCC/C=C\C/C=C\C=C\C(O)C/C=C\C/C=C\CC)COP(=O)(O)OCC[N+](C)(C)C. The van der Waals surface area contributed by atoms with Crippen molar-refractivity contribution in [1.82, 2.24) is 0 Å². The summed E-state index contributed by atoms with van der Waals surface area (Å²) in [5, 5.41) is 10.0. The number of unbranched alkanes of at least 4 members (excludes halogenated alkanes) is 1. The van der Waals surface area contributed by atoms with Crippen LogP contribution in [0.5, 0.6) is 0 Å². The number of aliphatic hydroxyl groups is 1. The standard InChI is InChI=1S/C50H78NO9P/c1-6-8-10-12-14-15-16-17-18-19-20-21-22-23-24-25-30-34-38-42-50(54)60-48(46-59-61(55,56)58-44-43-51(3,4)5)45-57-49(53)41-37-33-29-27-26-28-32-36-40-47(52)39-35-31-13-11-9-7-2/h8-11,14-15,17-18,20-21,23-24,27-32,34-36,40,47-48,52H,6-7,12-13,16,19,22,25-26,33,37-39,41-46H2,1-5H3/p+1/b10-8-,11-9-,15-14-,18-17-,21-20-,24-23-,29-27-,32-28-,34-30-,35-31-,40-36+/t47?,48-/m1/s1. The molecular formula is C50H79NO9P+. The zero-order valence-electron chi connectivity index (χ0n) is 37.9. The molecule has 0 bridgehead atoms. The summed E-state index contributed by atoms with van der Waals surface area (Å²) in [7, 11) is 1.34. The lowest BCUT2D eigenvalue weighted by Crippen LogP contribution is -2.37. The number of likely N-dealkylation sites (N-methyl/N-ethyl adjacent to an activating group) is 1. The fourth-order valence-electron chi connectivity index (χ4n) is 4.86. The van der Waals surface area contributed by atoms with Crippen LogP contribution >= 0.6 is 7.82 Å². The highest BCUT2D eigenvalue weighted by Crippen LogP contribution is 2.43. The van der Waals surface area contributed by atoms with Crippen molar-refractivity contribution in [3.63, 3.8) is 0 Å². The number of carbonyl (C=O) groups excluding carboxylic acids is 2. The minimum absolute atomic E-state index is 0.00952. The highest BCUT2D eigenvalue weighted by molar-refractivity contribution is 7.47. The molecule has 2 unspecified atom stereocenters. The van der Waals surface area contributed by atoms with Gasteiger partial charge >= 0.3 is 19.8 Å². The molecule has 0 radical (unpaired) electrons. The topological polar surface area (TPSA) is 129 Å². The Hall–Kier alpha value is -3.89. The maximum Gasteiger partial charge on any atom is 0.472 e. The van der Waals surface area contributed by atoms with E-state index in [2.05, 4.69) is 86.8 Å². The molecule has 0 saturated carbocycles. The third kappa shape index (κ3) is 44.0. The van der Waals surface area contributed by atoms with Crippen LogP contribution in [0.3, 0.4) is 0 Å². The highest BCUT2D eigenvalue weighted by Gasteiger charge is 2.27. The number of hydrogen-bond acceptors (Lipinski definition) is 8. The molecule has 0 aliphatic rings. The van der Waals surface area contributed by atoms with Gasteiger partial charge in [-0.05, 0) is 83.5 Å². The number of aliphatic hydroxyl groups excluding tert-OH is 1. The number of hydrogen-bond donors (Lipinski definition) is 2. The Morgan fingerprint density at radius 3 is 1.62 bits per heavy atom. The Morgan fingerprint density at radius 1 is 0.590 bits per heavy atom. The van der Waals surface area contributed by atoms with E-state index in [0.717, 1.165) is 57.8 Å². The summed E-state index contributed by atoms with van der Waals surface area (Å²) in [4.78, 5) is 35.3. The summed E-state index contributed by atoms with van der Waals surface area (Å²) in [5.74, 6) is -1.02. The number of phosphoric acid groups is 1. The lowest BCUT2D eigenvalue weighted by atomic mass is 10.2. The van der Waals surface area contributed by atoms with E-state index in [9.17, 15) is 24.2 Å². The fourth-order valence-corrected chi connectivity index (χ4v) is 5.60. The Labute approximate surface area is 369 Å². The number of esters is 2. The molecule has 0 aliphatic carbocycles. The summed E-state index contributed by atoms with van der Waals surface area (Å²) >= 11 is 0. The minimum atomic E-state index is -4.43. The lowest BCUT2D eigenvalue weighted by molar-refractivity contribution is -0.870. The molecule has 0 saturated heterocycles. The first-order valence-corrected chi connectivity index (χ1v) is 23.5. The average Bonchev–Trinajstić information content (AvgIpc) is 3.21. The number of carbonyl (C=O) groups is 2. The number of allylic oxidation sites excluding steroid dienone is 20. The number of nitrogens with zero attached hydrogens (tertiary/aromatic N) is 1. The molecule has 10 nitrogen and oxygen atoms in total. The molecule has 2 N–H and O–H groups in total. The quantitative estimate of drug-likeness (QED) is 0.0157. The molecule has 0 amide bonds. The summed E-state index contributed by atoms with van der Waals surface area (Å²) in [6.07, 6.45) is 54.1. The number of quaternary nitrogens is 1. The molecule has 0 aromatic rings. The molecule has 0 aromatic heterocycles. The van der Waals surface area contributed by atoms with Gasteiger partial charge in [-0.15, -0.1) is 0 Å². The highest BCUT2D eigenvalue weighted by atomic mass is 31.2. The predicted molar refractivity (Wildman–Crippen MR) is 253 cm³/mol. The van der Waals surface area contributed by atoms with Crippen LogP contribution in [0.25, 0.3) is 0 Å².